The van der Waals surface area contributed by atoms with Crippen LogP contribution in [-0.4, -0.2) is 24.7 Å². The van der Waals surface area contributed by atoms with E-state index in [1.807, 2.05) is 6.07 Å². The Morgan fingerprint density at radius 2 is 2.00 bits per heavy atom. The standard InChI is InChI=1S/C18H19F2NO3/c1-18(23,15-7-6-14(19)9-16(15)20)11-21-17(22)13-5-3-4-12(8-13)10-24-2/h3-9,23H,10-11H2,1-2H3,(H,21,22). The van der Waals surface area contributed by atoms with E-state index in [9.17, 15) is 18.7 Å². The third-order valence-electron chi connectivity index (χ3n) is 3.60. The molecule has 0 aliphatic carbocycles. The van der Waals surface area contributed by atoms with Crippen LogP contribution < -0.4 is 5.32 Å². The minimum absolute atomic E-state index is 0.0858. The lowest BCUT2D eigenvalue weighted by Crippen LogP contribution is -2.39. The van der Waals surface area contributed by atoms with Gasteiger partial charge in [-0.05, 0) is 30.7 Å². The van der Waals surface area contributed by atoms with Crippen LogP contribution in [0.15, 0.2) is 42.5 Å². The second kappa shape index (κ2) is 7.51. The molecule has 0 radical (unpaired) electrons. The minimum Gasteiger partial charge on any atom is -0.383 e. The number of benzene rings is 2. The van der Waals surface area contributed by atoms with Crippen molar-refractivity contribution in [2.45, 2.75) is 19.1 Å². The quantitative estimate of drug-likeness (QED) is 0.853. The van der Waals surface area contributed by atoms with E-state index in [1.165, 1.54) is 6.92 Å². The van der Waals surface area contributed by atoms with Crippen molar-refractivity contribution in [3.63, 3.8) is 0 Å². The van der Waals surface area contributed by atoms with Crippen molar-refractivity contribution in [3.8, 4) is 0 Å². The highest BCUT2D eigenvalue weighted by atomic mass is 19.1. The monoisotopic (exact) mass is 335 g/mol. The Hall–Kier alpha value is -2.31. The number of rotatable bonds is 6. The molecule has 0 heterocycles. The van der Waals surface area contributed by atoms with Gasteiger partial charge in [0.25, 0.3) is 5.91 Å². The van der Waals surface area contributed by atoms with Crippen molar-refractivity contribution in [2.24, 2.45) is 0 Å². The number of ether oxygens (including phenoxy) is 1. The van der Waals surface area contributed by atoms with Crippen LogP contribution in [0, 0.1) is 11.6 Å². The van der Waals surface area contributed by atoms with Crippen LogP contribution in [0.1, 0.15) is 28.4 Å². The maximum Gasteiger partial charge on any atom is 0.251 e. The van der Waals surface area contributed by atoms with Crippen LogP contribution in [0.4, 0.5) is 8.78 Å². The molecule has 0 fully saturated rings. The van der Waals surface area contributed by atoms with Gasteiger partial charge in [0.15, 0.2) is 0 Å². The van der Waals surface area contributed by atoms with Crippen LogP contribution in [0.3, 0.4) is 0 Å². The van der Waals surface area contributed by atoms with Crippen molar-refractivity contribution in [3.05, 3.63) is 70.8 Å². The molecule has 0 aliphatic rings. The molecule has 1 atom stereocenters. The third-order valence-corrected chi connectivity index (χ3v) is 3.60. The molecular formula is C18H19F2NO3. The average Bonchev–Trinajstić information content (AvgIpc) is 2.53. The number of amides is 1. The molecule has 2 aromatic carbocycles. The zero-order valence-corrected chi connectivity index (χ0v) is 13.5. The first kappa shape index (κ1) is 18.0. The van der Waals surface area contributed by atoms with Crippen LogP contribution in [0.25, 0.3) is 0 Å². The van der Waals surface area contributed by atoms with Crippen LogP contribution in [0.5, 0.6) is 0 Å². The molecule has 2 N–H and O–H groups in total. The second-order valence-corrected chi connectivity index (χ2v) is 5.71. The molecule has 0 aromatic heterocycles. The summed E-state index contributed by atoms with van der Waals surface area (Å²) in [6.45, 7) is 1.51. The van der Waals surface area contributed by atoms with E-state index < -0.39 is 23.1 Å². The van der Waals surface area contributed by atoms with Gasteiger partial charge in [-0.15, -0.1) is 0 Å². The molecule has 4 nitrogen and oxygen atoms in total. The van der Waals surface area contributed by atoms with Gasteiger partial charge in [0.1, 0.15) is 17.2 Å². The van der Waals surface area contributed by atoms with Crippen molar-refractivity contribution in [1.82, 2.24) is 5.32 Å². The Labute approximate surface area is 139 Å². The van der Waals surface area contributed by atoms with Gasteiger partial charge >= 0.3 is 0 Å². The molecule has 1 amide bonds. The molecule has 128 valence electrons. The van der Waals surface area contributed by atoms with Gasteiger partial charge in [-0.1, -0.05) is 18.2 Å². The number of methoxy groups -OCH3 is 1. The van der Waals surface area contributed by atoms with E-state index >= 15 is 0 Å². The third kappa shape index (κ3) is 4.37. The number of carbonyl (C=O) groups is 1. The summed E-state index contributed by atoms with van der Waals surface area (Å²) in [6.07, 6.45) is 0. The van der Waals surface area contributed by atoms with Crippen molar-refractivity contribution in [1.29, 1.82) is 0 Å². The van der Waals surface area contributed by atoms with E-state index in [2.05, 4.69) is 5.32 Å². The summed E-state index contributed by atoms with van der Waals surface area (Å²) in [7, 11) is 1.56. The van der Waals surface area contributed by atoms with E-state index in [-0.39, 0.29) is 12.1 Å². The summed E-state index contributed by atoms with van der Waals surface area (Å²) in [5.41, 5.74) is -0.517. The molecular weight excluding hydrogens is 316 g/mol. The number of carbonyl (C=O) groups excluding carboxylic acids is 1. The van der Waals surface area contributed by atoms with Gasteiger partial charge < -0.3 is 15.2 Å². The molecule has 0 bridgehead atoms. The lowest BCUT2D eigenvalue weighted by molar-refractivity contribution is 0.0494. The van der Waals surface area contributed by atoms with E-state index in [0.29, 0.717) is 18.2 Å². The van der Waals surface area contributed by atoms with Gasteiger partial charge in [0.05, 0.1) is 13.2 Å². The summed E-state index contributed by atoms with van der Waals surface area (Å²) in [6, 6.07) is 9.76. The number of hydrogen-bond donors (Lipinski definition) is 2. The maximum absolute atomic E-state index is 13.8. The highest BCUT2D eigenvalue weighted by Crippen LogP contribution is 2.23. The van der Waals surface area contributed by atoms with Crippen molar-refractivity contribution >= 4 is 5.91 Å². The van der Waals surface area contributed by atoms with E-state index in [4.69, 9.17) is 4.74 Å². The normalized spacial score (nSPS) is 13.4. The Morgan fingerprint density at radius 1 is 1.25 bits per heavy atom. The fraction of sp³-hybridized carbons (Fsp3) is 0.278. The number of nitrogens with one attached hydrogen (secondary N) is 1. The molecule has 2 aromatic rings. The first-order valence-corrected chi connectivity index (χ1v) is 7.37. The van der Waals surface area contributed by atoms with Gasteiger partial charge in [-0.25, -0.2) is 8.78 Å². The fourth-order valence-corrected chi connectivity index (χ4v) is 2.34. The molecule has 2 rings (SSSR count). The SMILES string of the molecule is COCc1cccc(C(=O)NCC(C)(O)c2ccc(F)cc2F)c1. The smallest absolute Gasteiger partial charge is 0.251 e. The number of halogens is 2. The second-order valence-electron chi connectivity index (χ2n) is 5.71. The van der Waals surface area contributed by atoms with Crippen molar-refractivity contribution in [2.75, 3.05) is 13.7 Å². The molecule has 0 saturated carbocycles. The predicted octanol–water partition coefficient (Wildman–Crippen LogP) is 2.75. The molecule has 0 spiro atoms. The minimum atomic E-state index is -1.67. The van der Waals surface area contributed by atoms with Crippen LogP contribution >= 0.6 is 0 Å². The lowest BCUT2D eigenvalue weighted by Gasteiger charge is -2.24. The Bertz CT molecular complexity index is 732. The summed E-state index contributed by atoms with van der Waals surface area (Å²) >= 11 is 0. The molecule has 24 heavy (non-hydrogen) atoms. The summed E-state index contributed by atoms with van der Waals surface area (Å²) in [4.78, 5) is 12.2. The van der Waals surface area contributed by atoms with Gasteiger partial charge in [-0.2, -0.15) is 0 Å². The lowest BCUT2D eigenvalue weighted by atomic mass is 9.95. The zero-order chi connectivity index (χ0) is 17.7. The topological polar surface area (TPSA) is 58.6 Å². The first-order valence-electron chi connectivity index (χ1n) is 7.37. The van der Waals surface area contributed by atoms with Crippen LogP contribution in [-0.2, 0) is 16.9 Å². The number of aliphatic hydroxyl groups is 1. The first-order chi connectivity index (χ1) is 11.3. The Kier molecular flexibility index (Phi) is 5.64. The highest BCUT2D eigenvalue weighted by molar-refractivity contribution is 5.94. The predicted molar refractivity (Wildman–Crippen MR) is 85.4 cm³/mol. The average molecular weight is 335 g/mol. The zero-order valence-electron chi connectivity index (χ0n) is 13.5. The highest BCUT2D eigenvalue weighted by Gasteiger charge is 2.27. The summed E-state index contributed by atoms with van der Waals surface area (Å²) < 4.78 is 31.8. The molecule has 6 heteroatoms. The molecule has 0 saturated heterocycles. The van der Waals surface area contributed by atoms with Gasteiger partial charge in [0, 0.05) is 24.3 Å². The van der Waals surface area contributed by atoms with Gasteiger partial charge in [0.2, 0.25) is 0 Å². The summed E-state index contributed by atoms with van der Waals surface area (Å²) in [5.74, 6) is -2.00. The molecule has 1 unspecified atom stereocenters. The maximum atomic E-state index is 13.8. The Morgan fingerprint density at radius 3 is 2.67 bits per heavy atom. The van der Waals surface area contributed by atoms with E-state index in [0.717, 1.165) is 17.7 Å². The molecule has 0 aliphatic heterocycles. The van der Waals surface area contributed by atoms with E-state index in [1.54, 1.807) is 25.3 Å². The van der Waals surface area contributed by atoms with Crippen LogP contribution in [0.2, 0.25) is 0 Å². The fourth-order valence-electron chi connectivity index (χ4n) is 2.34. The number of hydrogen-bond acceptors (Lipinski definition) is 3. The van der Waals surface area contributed by atoms with Gasteiger partial charge in [-0.3, -0.25) is 4.79 Å². The Balaban J connectivity index is 2.08. The largest absolute Gasteiger partial charge is 0.383 e. The summed E-state index contributed by atoms with van der Waals surface area (Å²) in [5, 5.41) is 13.0. The van der Waals surface area contributed by atoms with Crippen molar-refractivity contribution < 1.29 is 23.4 Å².